The number of nitrogens with one attached hydrogen (secondary N) is 2. The molecule has 0 radical (unpaired) electrons. The van der Waals surface area contributed by atoms with Crippen LogP contribution in [-0.4, -0.2) is 21.5 Å². The van der Waals surface area contributed by atoms with Gasteiger partial charge in [0.15, 0.2) is 0 Å². The standard InChI is InChI=1S/C20H21ClN4O.ClH/c1-25-10-9-16-18(25)17(20(26)24-14-6-2-3-7-14)12-22-19(16)23-15-8-4-5-13(21)11-15;/h4-5,8-12,14H,2-3,6-7H2,1H3,(H,22,23)(H,24,26);1H. The molecule has 2 aromatic heterocycles. The van der Waals surface area contributed by atoms with Gasteiger partial charge in [0, 0.05) is 41.6 Å². The fourth-order valence-corrected chi connectivity index (χ4v) is 3.81. The van der Waals surface area contributed by atoms with Crippen molar-refractivity contribution >= 4 is 52.3 Å². The number of amides is 1. The van der Waals surface area contributed by atoms with Gasteiger partial charge in [0.25, 0.3) is 5.91 Å². The lowest BCUT2D eigenvalue weighted by Gasteiger charge is -2.14. The highest BCUT2D eigenvalue weighted by molar-refractivity contribution is 6.30. The lowest BCUT2D eigenvalue weighted by Crippen LogP contribution is -2.33. The zero-order valence-electron chi connectivity index (χ0n) is 15.0. The Bertz CT molecular complexity index is 964. The van der Waals surface area contributed by atoms with Gasteiger partial charge < -0.3 is 15.2 Å². The van der Waals surface area contributed by atoms with Crippen LogP contribution in [0.25, 0.3) is 10.9 Å². The molecule has 1 aliphatic carbocycles. The van der Waals surface area contributed by atoms with Crippen LogP contribution in [0.5, 0.6) is 0 Å². The van der Waals surface area contributed by atoms with E-state index in [-0.39, 0.29) is 24.4 Å². The van der Waals surface area contributed by atoms with Crippen molar-refractivity contribution in [2.75, 3.05) is 5.32 Å². The van der Waals surface area contributed by atoms with Crippen molar-refractivity contribution in [1.29, 1.82) is 0 Å². The zero-order chi connectivity index (χ0) is 18.1. The third-order valence-electron chi connectivity index (χ3n) is 4.93. The van der Waals surface area contributed by atoms with Crippen LogP contribution in [0, 0.1) is 0 Å². The molecule has 7 heteroatoms. The number of carbonyl (C=O) groups excluding carboxylic acids is 1. The third kappa shape index (κ3) is 4.04. The summed E-state index contributed by atoms with van der Waals surface area (Å²) in [5.41, 5.74) is 2.34. The van der Waals surface area contributed by atoms with Crippen LogP contribution in [0.1, 0.15) is 36.0 Å². The van der Waals surface area contributed by atoms with E-state index < -0.39 is 0 Å². The van der Waals surface area contributed by atoms with Gasteiger partial charge >= 0.3 is 0 Å². The molecule has 1 saturated carbocycles. The largest absolute Gasteiger partial charge is 0.350 e. The van der Waals surface area contributed by atoms with Crippen LogP contribution in [-0.2, 0) is 7.05 Å². The van der Waals surface area contributed by atoms with E-state index in [2.05, 4.69) is 15.6 Å². The summed E-state index contributed by atoms with van der Waals surface area (Å²) in [7, 11) is 1.94. The van der Waals surface area contributed by atoms with E-state index >= 15 is 0 Å². The molecule has 3 aromatic rings. The SMILES string of the molecule is Cl.Cn1ccc2c(Nc3cccc(Cl)c3)ncc(C(=O)NC3CCCC3)c21. The molecule has 4 rings (SSSR count). The van der Waals surface area contributed by atoms with E-state index in [1.165, 1.54) is 12.8 Å². The number of aryl methyl sites for hydroxylation is 1. The topological polar surface area (TPSA) is 59.0 Å². The predicted molar refractivity (Wildman–Crippen MR) is 112 cm³/mol. The lowest BCUT2D eigenvalue weighted by molar-refractivity contribution is 0.0939. The molecule has 2 heterocycles. The van der Waals surface area contributed by atoms with Crippen LogP contribution in [0.3, 0.4) is 0 Å². The number of aromatic nitrogens is 2. The van der Waals surface area contributed by atoms with Crippen molar-refractivity contribution in [2.24, 2.45) is 7.05 Å². The van der Waals surface area contributed by atoms with Crippen molar-refractivity contribution in [3.05, 3.63) is 53.3 Å². The number of carbonyl (C=O) groups is 1. The number of fused-ring (bicyclic) bond motifs is 1. The van der Waals surface area contributed by atoms with Crippen molar-refractivity contribution in [3.8, 4) is 0 Å². The van der Waals surface area contributed by atoms with Gasteiger partial charge in [-0.25, -0.2) is 4.98 Å². The average Bonchev–Trinajstić information content (AvgIpc) is 3.26. The Balaban J connectivity index is 0.00000210. The van der Waals surface area contributed by atoms with E-state index in [1.54, 1.807) is 6.20 Å². The van der Waals surface area contributed by atoms with E-state index in [0.717, 1.165) is 29.4 Å². The van der Waals surface area contributed by atoms with Gasteiger partial charge in [0.2, 0.25) is 0 Å². The highest BCUT2D eigenvalue weighted by Crippen LogP contribution is 2.29. The van der Waals surface area contributed by atoms with Gasteiger partial charge in [-0.2, -0.15) is 0 Å². The van der Waals surface area contributed by atoms with Crippen molar-refractivity contribution in [1.82, 2.24) is 14.9 Å². The molecule has 5 nitrogen and oxygen atoms in total. The summed E-state index contributed by atoms with van der Waals surface area (Å²) in [6.45, 7) is 0. The third-order valence-corrected chi connectivity index (χ3v) is 5.16. The Morgan fingerprint density at radius 3 is 2.78 bits per heavy atom. The number of pyridine rings is 1. The maximum Gasteiger partial charge on any atom is 0.255 e. The van der Waals surface area contributed by atoms with Gasteiger partial charge in [0.05, 0.1) is 11.1 Å². The summed E-state index contributed by atoms with van der Waals surface area (Å²) in [4.78, 5) is 17.3. The molecule has 0 saturated heterocycles. The van der Waals surface area contributed by atoms with E-state index in [4.69, 9.17) is 11.6 Å². The number of hydrogen-bond donors (Lipinski definition) is 2. The molecule has 1 fully saturated rings. The monoisotopic (exact) mass is 404 g/mol. The van der Waals surface area contributed by atoms with Crippen LogP contribution < -0.4 is 10.6 Å². The van der Waals surface area contributed by atoms with Crippen LogP contribution >= 0.6 is 24.0 Å². The molecule has 0 bridgehead atoms. The first-order valence-corrected chi connectivity index (χ1v) is 9.27. The molecule has 0 unspecified atom stereocenters. The van der Waals surface area contributed by atoms with Crippen molar-refractivity contribution < 1.29 is 4.79 Å². The number of hydrogen-bond acceptors (Lipinski definition) is 3. The molecule has 142 valence electrons. The molecular weight excluding hydrogens is 383 g/mol. The highest BCUT2D eigenvalue weighted by Gasteiger charge is 2.21. The fourth-order valence-electron chi connectivity index (χ4n) is 3.62. The predicted octanol–water partition coefficient (Wildman–Crippen LogP) is 5.06. The second kappa shape index (κ2) is 8.19. The van der Waals surface area contributed by atoms with Gasteiger partial charge in [-0.1, -0.05) is 30.5 Å². The summed E-state index contributed by atoms with van der Waals surface area (Å²) in [6, 6.07) is 9.75. The number of nitrogens with zero attached hydrogens (tertiary/aromatic N) is 2. The van der Waals surface area contributed by atoms with Gasteiger partial charge in [-0.3, -0.25) is 4.79 Å². The highest BCUT2D eigenvalue weighted by atomic mass is 35.5. The average molecular weight is 405 g/mol. The smallest absolute Gasteiger partial charge is 0.255 e. The summed E-state index contributed by atoms with van der Waals surface area (Å²) >= 11 is 6.06. The molecule has 0 aliphatic heterocycles. The number of anilines is 2. The lowest BCUT2D eigenvalue weighted by atomic mass is 10.1. The minimum Gasteiger partial charge on any atom is -0.350 e. The first-order valence-electron chi connectivity index (χ1n) is 8.89. The number of rotatable bonds is 4. The number of benzene rings is 1. The zero-order valence-corrected chi connectivity index (χ0v) is 16.6. The van der Waals surface area contributed by atoms with Gasteiger partial charge in [-0.05, 0) is 37.1 Å². The molecule has 0 atom stereocenters. The van der Waals surface area contributed by atoms with Crippen molar-refractivity contribution in [2.45, 2.75) is 31.7 Å². The Hall–Kier alpha value is -2.24. The number of halogens is 2. The first kappa shape index (κ1) is 19.5. The second-order valence-corrected chi connectivity index (χ2v) is 7.24. The summed E-state index contributed by atoms with van der Waals surface area (Å²) < 4.78 is 1.96. The Kier molecular flexibility index (Phi) is 5.92. The van der Waals surface area contributed by atoms with Crippen molar-refractivity contribution in [3.63, 3.8) is 0 Å². The van der Waals surface area contributed by atoms with E-state index in [9.17, 15) is 4.79 Å². The summed E-state index contributed by atoms with van der Waals surface area (Å²) in [5, 5.41) is 8.02. The molecule has 1 aliphatic rings. The summed E-state index contributed by atoms with van der Waals surface area (Å²) in [6.07, 6.45) is 8.09. The van der Waals surface area contributed by atoms with Gasteiger partial charge in [-0.15, -0.1) is 12.4 Å². The minimum atomic E-state index is -0.0505. The second-order valence-electron chi connectivity index (χ2n) is 6.80. The maximum atomic E-state index is 12.8. The normalized spacial score (nSPS) is 14.1. The Labute approximate surface area is 169 Å². The van der Waals surface area contributed by atoms with Crippen LogP contribution in [0.4, 0.5) is 11.5 Å². The maximum absolute atomic E-state index is 12.8. The van der Waals surface area contributed by atoms with Gasteiger partial charge in [0.1, 0.15) is 5.82 Å². The molecule has 0 spiro atoms. The molecular formula is C20H22Cl2N4O. The van der Waals surface area contributed by atoms with E-state index in [1.807, 2.05) is 48.1 Å². The molecule has 27 heavy (non-hydrogen) atoms. The summed E-state index contributed by atoms with van der Waals surface area (Å²) in [5.74, 6) is 0.658. The Morgan fingerprint density at radius 2 is 2.04 bits per heavy atom. The Morgan fingerprint density at radius 1 is 1.26 bits per heavy atom. The first-order chi connectivity index (χ1) is 12.6. The fraction of sp³-hybridized carbons (Fsp3) is 0.300. The van der Waals surface area contributed by atoms with E-state index in [0.29, 0.717) is 16.4 Å². The molecule has 1 amide bonds. The molecule has 2 N–H and O–H groups in total. The van der Waals surface area contributed by atoms with Crippen LogP contribution in [0.15, 0.2) is 42.7 Å². The minimum absolute atomic E-state index is 0. The quantitative estimate of drug-likeness (QED) is 0.638. The van der Waals surface area contributed by atoms with Crippen LogP contribution in [0.2, 0.25) is 5.02 Å². The molecule has 1 aromatic carbocycles.